The fraction of sp³-hybridized carbons (Fsp3) is 0.909. The number of ether oxygens (including phenoxy) is 1. The molecular weight excluding hydrogens is 256 g/mol. The Labute approximate surface area is 109 Å². The number of amides is 2. The van der Waals surface area contributed by atoms with E-state index in [9.17, 15) is 13.2 Å². The van der Waals surface area contributed by atoms with Gasteiger partial charge in [-0.1, -0.05) is 6.92 Å². The monoisotopic (exact) mass is 278 g/mol. The van der Waals surface area contributed by atoms with Gasteiger partial charge in [0, 0.05) is 25.4 Å². The standard InChI is InChI=1S/C11H22N2O4S/c1-4-18(15,16)6-5-12-11(14)13-7-9(2)17-10(3)8-13/h9-10H,4-8H2,1-3H3,(H,12,14)/t9-,10+. The fourth-order valence-corrected chi connectivity index (χ4v) is 2.62. The molecule has 0 saturated carbocycles. The SMILES string of the molecule is CCS(=O)(=O)CCNC(=O)N1C[C@@H](C)O[C@@H](C)C1. The average molecular weight is 278 g/mol. The number of carbonyl (C=O) groups is 1. The van der Waals surface area contributed by atoms with Crippen LogP contribution in [0.2, 0.25) is 0 Å². The number of nitrogens with zero attached hydrogens (tertiary/aromatic N) is 1. The molecule has 1 heterocycles. The van der Waals surface area contributed by atoms with Crippen molar-refractivity contribution in [3.05, 3.63) is 0 Å². The molecule has 7 heteroatoms. The van der Waals surface area contributed by atoms with Gasteiger partial charge in [-0.05, 0) is 13.8 Å². The van der Waals surface area contributed by atoms with Crippen LogP contribution in [0.3, 0.4) is 0 Å². The van der Waals surface area contributed by atoms with Crippen LogP contribution in [0.1, 0.15) is 20.8 Å². The second kappa shape index (κ2) is 6.38. The molecule has 2 atom stereocenters. The molecule has 0 aromatic rings. The Bertz CT molecular complexity index is 373. The van der Waals surface area contributed by atoms with Gasteiger partial charge in [-0.15, -0.1) is 0 Å². The van der Waals surface area contributed by atoms with Crippen LogP contribution in [0.5, 0.6) is 0 Å². The Kier molecular flexibility index (Phi) is 5.40. The summed E-state index contributed by atoms with van der Waals surface area (Å²) in [6.45, 7) is 6.67. The molecule has 18 heavy (non-hydrogen) atoms. The van der Waals surface area contributed by atoms with Crippen LogP contribution < -0.4 is 5.32 Å². The normalized spacial score (nSPS) is 24.9. The van der Waals surface area contributed by atoms with E-state index in [2.05, 4.69) is 5.32 Å². The van der Waals surface area contributed by atoms with Crippen LogP contribution in [0, 0.1) is 0 Å². The predicted octanol–water partition coefficient (Wildman–Crippen LogP) is 0.240. The number of sulfone groups is 1. The van der Waals surface area contributed by atoms with Crippen LogP contribution in [-0.4, -0.2) is 62.7 Å². The Morgan fingerprint density at radius 3 is 2.39 bits per heavy atom. The summed E-state index contributed by atoms with van der Waals surface area (Å²) < 4.78 is 28.1. The molecule has 2 amide bonds. The average Bonchev–Trinajstić information content (AvgIpc) is 2.27. The van der Waals surface area contributed by atoms with Crippen LogP contribution in [0.15, 0.2) is 0 Å². The Morgan fingerprint density at radius 2 is 1.89 bits per heavy atom. The summed E-state index contributed by atoms with van der Waals surface area (Å²) in [4.78, 5) is 13.5. The number of hydrogen-bond acceptors (Lipinski definition) is 4. The van der Waals surface area contributed by atoms with E-state index in [1.54, 1.807) is 11.8 Å². The largest absolute Gasteiger partial charge is 0.372 e. The minimum Gasteiger partial charge on any atom is -0.372 e. The molecule has 0 spiro atoms. The van der Waals surface area contributed by atoms with E-state index in [4.69, 9.17) is 4.74 Å². The fourth-order valence-electron chi connectivity index (χ4n) is 1.91. The molecule has 1 aliphatic heterocycles. The highest BCUT2D eigenvalue weighted by Gasteiger charge is 2.25. The molecular formula is C11H22N2O4S. The molecule has 1 fully saturated rings. The third-order valence-corrected chi connectivity index (χ3v) is 4.54. The number of morpholine rings is 1. The van der Waals surface area contributed by atoms with Gasteiger partial charge in [-0.3, -0.25) is 0 Å². The molecule has 0 bridgehead atoms. The second-order valence-electron chi connectivity index (χ2n) is 4.63. The molecule has 0 radical (unpaired) electrons. The van der Waals surface area contributed by atoms with E-state index in [0.29, 0.717) is 13.1 Å². The van der Waals surface area contributed by atoms with Crippen molar-refractivity contribution in [2.24, 2.45) is 0 Å². The van der Waals surface area contributed by atoms with Crippen molar-refractivity contribution >= 4 is 15.9 Å². The van der Waals surface area contributed by atoms with Gasteiger partial charge in [0.1, 0.15) is 0 Å². The molecule has 1 aliphatic rings. The first-order valence-corrected chi connectivity index (χ1v) is 8.05. The van der Waals surface area contributed by atoms with Gasteiger partial charge >= 0.3 is 6.03 Å². The van der Waals surface area contributed by atoms with E-state index < -0.39 is 9.84 Å². The van der Waals surface area contributed by atoms with E-state index in [0.717, 1.165) is 0 Å². The molecule has 0 aliphatic carbocycles. The molecule has 0 aromatic heterocycles. The highest BCUT2D eigenvalue weighted by Crippen LogP contribution is 2.10. The molecule has 1 saturated heterocycles. The Morgan fingerprint density at radius 1 is 1.33 bits per heavy atom. The molecule has 1 N–H and O–H groups in total. The van der Waals surface area contributed by atoms with E-state index in [1.807, 2.05) is 13.8 Å². The number of hydrogen-bond donors (Lipinski definition) is 1. The highest BCUT2D eigenvalue weighted by atomic mass is 32.2. The van der Waals surface area contributed by atoms with E-state index in [-0.39, 0.29) is 36.3 Å². The number of carbonyl (C=O) groups excluding carboxylic acids is 1. The Hall–Kier alpha value is -0.820. The first kappa shape index (κ1) is 15.2. The third-order valence-electron chi connectivity index (χ3n) is 2.84. The van der Waals surface area contributed by atoms with Crippen LogP contribution >= 0.6 is 0 Å². The van der Waals surface area contributed by atoms with Crippen molar-refractivity contribution < 1.29 is 17.9 Å². The lowest BCUT2D eigenvalue weighted by Crippen LogP contribution is -2.52. The van der Waals surface area contributed by atoms with Crippen LogP contribution in [-0.2, 0) is 14.6 Å². The molecule has 1 rings (SSSR count). The third kappa shape index (κ3) is 4.81. The molecule has 106 valence electrons. The maximum atomic E-state index is 11.8. The maximum absolute atomic E-state index is 11.8. The summed E-state index contributed by atoms with van der Waals surface area (Å²) in [5.74, 6) is 0.0964. The van der Waals surface area contributed by atoms with Crippen molar-refractivity contribution in [2.45, 2.75) is 33.0 Å². The van der Waals surface area contributed by atoms with Crippen molar-refractivity contribution in [1.29, 1.82) is 0 Å². The van der Waals surface area contributed by atoms with E-state index in [1.165, 1.54) is 0 Å². The van der Waals surface area contributed by atoms with Gasteiger partial charge in [0.25, 0.3) is 0 Å². The highest BCUT2D eigenvalue weighted by molar-refractivity contribution is 7.91. The second-order valence-corrected chi connectivity index (χ2v) is 7.10. The first-order valence-electron chi connectivity index (χ1n) is 6.22. The summed E-state index contributed by atoms with van der Waals surface area (Å²) >= 11 is 0. The van der Waals surface area contributed by atoms with Crippen LogP contribution in [0.25, 0.3) is 0 Å². The predicted molar refractivity (Wildman–Crippen MR) is 69.3 cm³/mol. The zero-order valence-electron chi connectivity index (χ0n) is 11.2. The van der Waals surface area contributed by atoms with E-state index >= 15 is 0 Å². The summed E-state index contributed by atoms with van der Waals surface area (Å²) in [5, 5.41) is 2.64. The lowest BCUT2D eigenvalue weighted by molar-refractivity contribution is -0.0544. The lowest BCUT2D eigenvalue weighted by atomic mass is 10.2. The zero-order valence-corrected chi connectivity index (χ0v) is 12.0. The summed E-state index contributed by atoms with van der Waals surface area (Å²) in [7, 11) is -3.03. The molecule has 0 unspecified atom stereocenters. The number of rotatable bonds is 4. The minimum absolute atomic E-state index is 0.00924. The van der Waals surface area contributed by atoms with Gasteiger partial charge in [-0.2, -0.15) is 0 Å². The quantitative estimate of drug-likeness (QED) is 0.799. The Balaban J connectivity index is 2.37. The zero-order chi connectivity index (χ0) is 13.8. The van der Waals surface area contributed by atoms with Crippen molar-refractivity contribution in [3.63, 3.8) is 0 Å². The summed E-state index contributed by atoms with van der Waals surface area (Å²) in [5.41, 5.74) is 0. The van der Waals surface area contributed by atoms with Crippen molar-refractivity contribution in [1.82, 2.24) is 10.2 Å². The summed E-state index contributed by atoms with van der Waals surface area (Å²) in [6, 6.07) is -0.219. The van der Waals surface area contributed by atoms with Gasteiger partial charge in [0.15, 0.2) is 9.84 Å². The van der Waals surface area contributed by atoms with Gasteiger partial charge < -0.3 is 15.0 Å². The number of nitrogens with one attached hydrogen (secondary N) is 1. The molecule has 0 aromatic carbocycles. The van der Waals surface area contributed by atoms with Crippen LogP contribution in [0.4, 0.5) is 4.79 Å². The van der Waals surface area contributed by atoms with Gasteiger partial charge in [0.2, 0.25) is 0 Å². The van der Waals surface area contributed by atoms with Crippen molar-refractivity contribution in [3.8, 4) is 0 Å². The van der Waals surface area contributed by atoms with Crippen molar-refractivity contribution in [2.75, 3.05) is 31.1 Å². The minimum atomic E-state index is -3.03. The smallest absolute Gasteiger partial charge is 0.317 e. The molecule has 6 nitrogen and oxygen atoms in total. The van der Waals surface area contributed by atoms with Gasteiger partial charge in [-0.25, -0.2) is 13.2 Å². The first-order chi connectivity index (χ1) is 8.34. The number of urea groups is 1. The topological polar surface area (TPSA) is 75.7 Å². The lowest BCUT2D eigenvalue weighted by Gasteiger charge is -2.35. The van der Waals surface area contributed by atoms with Gasteiger partial charge in [0.05, 0.1) is 18.0 Å². The maximum Gasteiger partial charge on any atom is 0.317 e. The summed E-state index contributed by atoms with van der Waals surface area (Å²) in [6.07, 6.45) is 0.0257.